The highest BCUT2D eigenvalue weighted by Gasteiger charge is 2.37. The molecular weight excluding hydrogens is 203 g/mol. The van der Waals surface area contributed by atoms with Crippen LogP contribution in [-0.2, 0) is 13.9 Å². The highest BCUT2D eigenvalue weighted by atomic mass is 31.2. The summed E-state index contributed by atoms with van der Waals surface area (Å²) >= 11 is 0. The fourth-order valence-corrected chi connectivity index (χ4v) is 1.81. The third kappa shape index (κ3) is 3.52. The SMILES string of the molecule is CC(C)C(C)(C)OP(=O)(O)C(C)C=O. The molecular formula is C9H19O4P. The fourth-order valence-electron chi connectivity index (χ4n) is 0.603. The van der Waals surface area contributed by atoms with Crippen LogP contribution in [0.5, 0.6) is 0 Å². The molecule has 0 aliphatic rings. The molecule has 1 N–H and O–H groups in total. The first-order valence-corrected chi connectivity index (χ1v) is 6.26. The molecule has 0 bridgehead atoms. The third-order valence-corrected chi connectivity index (χ3v) is 4.35. The van der Waals surface area contributed by atoms with Crippen LogP contribution in [0.3, 0.4) is 0 Å². The van der Waals surface area contributed by atoms with E-state index in [-0.39, 0.29) is 5.92 Å². The van der Waals surface area contributed by atoms with Crippen LogP contribution < -0.4 is 0 Å². The Morgan fingerprint density at radius 3 is 2.07 bits per heavy atom. The van der Waals surface area contributed by atoms with E-state index in [1.54, 1.807) is 13.8 Å². The van der Waals surface area contributed by atoms with Gasteiger partial charge in [0.15, 0.2) is 0 Å². The second-order valence-corrected chi connectivity index (χ2v) is 6.42. The Bertz CT molecular complexity index is 247. The van der Waals surface area contributed by atoms with E-state index in [0.29, 0.717) is 6.29 Å². The summed E-state index contributed by atoms with van der Waals surface area (Å²) in [6.45, 7) is 8.64. The number of carbonyl (C=O) groups excluding carboxylic acids is 1. The zero-order valence-electron chi connectivity index (χ0n) is 9.35. The van der Waals surface area contributed by atoms with E-state index in [1.165, 1.54) is 6.92 Å². The predicted molar refractivity (Wildman–Crippen MR) is 55.4 cm³/mol. The lowest BCUT2D eigenvalue weighted by Gasteiger charge is -2.32. The molecule has 0 aliphatic heterocycles. The molecule has 0 rings (SSSR count). The summed E-state index contributed by atoms with van der Waals surface area (Å²) in [6, 6.07) is 0. The molecule has 0 saturated carbocycles. The summed E-state index contributed by atoms with van der Waals surface area (Å²) in [4.78, 5) is 19.9. The van der Waals surface area contributed by atoms with Crippen molar-refractivity contribution in [2.75, 3.05) is 0 Å². The van der Waals surface area contributed by atoms with E-state index >= 15 is 0 Å². The average molecular weight is 222 g/mol. The van der Waals surface area contributed by atoms with Gasteiger partial charge in [0.25, 0.3) is 0 Å². The van der Waals surface area contributed by atoms with Crippen LogP contribution >= 0.6 is 7.60 Å². The van der Waals surface area contributed by atoms with Crippen molar-refractivity contribution < 1.29 is 18.8 Å². The lowest BCUT2D eigenvalue weighted by Crippen LogP contribution is -2.31. The van der Waals surface area contributed by atoms with Gasteiger partial charge in [0, 0.05) is 0 Å². The van der Waals surface area contributed by atoms with Crippen LogP contribution in [0, 0.1) is 5.92 Å². The van der Waals surface area contributed by atoms with E-state index in [0.717, 1.165) is 0 Å². The first-order chi connectivity index (χ1) is 6.13. The maximum Gasteiger partial charge on any atom is 0.338 e. The molecule has 0 fully saturated rings. The van der Waals surface area contributed by atoms with Gasteiger partial charge in [-0.3, -0.25) is 4.57 Å². The number of rotatable bonds is 5. The second kappa shape index (κ2) is 4.56. The highest BCUT2D eigenvalue weighted by Crippen LogP contribution is 2.51. The maximum absolute atomic E-state index is 11.6. The minimum Gasteiger partial charge on any atom is -0.324 e. The van der Waals surface area contributed by atoms with Crippen molar-refractivity contribution in [3.63, 3.8) is 0 Å². The molecule has 0 heterocycles. The Morgan fingerprint density at radius 1 is 1.36 bits per heavy atom. The standard InChI is InChI=1S/C9H19O4P/c1-7(2)9(4,5)13-14(11,12)8(3)6-10/h6-8H,1-5H3,(H,11,12). The first kappa shape index (κ1) is 13.8. The zero-order valence-corrected chi connectivity index (χ0v) is 10.2. The Hall–Kier alpha value is -0.180. The van der Waals surface area contributed by atoms with Crippen molar-refractivity contribution in [3.8, 4) is 0 Å². The molecule has 0 aliphatic carbocycles. The Morgan fingerprint density at radius 2 is 1.79 bits per heavy atom. The minimum absolute atomic E-state index is 0.0989. The minimum atomic E-state index is -3.83. The normalized spacial score (nSPS) is 19.1. The maximum atomic E-state index is 11.6. The van der Waals surface area contributed by atoms with Crippen molar-refractivity contribution >= 4 is 13.9 Å². The number of aldehydes is 1. The summed E-state index contributed by atoms with van der Waals surface area (Å²) in [7, 11) is -3.83. The monoisotopic (exact) mass is 222 g/mol. The van der Waals surface area contributed by atoms with Crippen LogP contribution in [0.1, 0.15) is 34.6 Å². The van der Waals surface area contributed by atoms with E-state index < -0.39 is 18.9 Å². The molecule has 0 spiro atoms. The van der Waals surface area contributed by atoms with Gasteiger partial charge in [0.1, 0.15) is 11.9 Å². The summed E-state index contributed by atoms with van der Waals surface area (Å²) in [5, 5.41) is 0. The smallest absolute Gasteiger partial charge is 0.324 e. The zero-order chi connectivity index (χ0) is 11.6. The molecule has 5 heteroatoms. The number of carbonyl (C=O) groups is 1. The van der Waals surface area contributed by atoms with Crippen LogP contribution in [0.15, 0.2) is 0 Å². The van der Waals surface area contributed by atoms with Gasteiger partial charge in [-0.15, -0.1) is 0 Å². The third-order valence-electron chi connectivity index (χ3n) is 2.47. The molecule has 4 nitrogen and oxygen atoms in total. The van der Waals surface area contributed by atoms with Crippen LogP contribution in [0.2, 0.25) is 0 Å². The van der Waals surface area contributed by atoms with Crippen LogP contribution in [-0.4, -0.2) is 22.4 Å². The molecule has 14 heavy (non-hydrogen) atoms. The summed E-state index contributed by atoms with van der Waals surface area (Å²) < 4.78 is 16.7. The van der Waals surface area contributed by atoms with Gasteiger partial charge >= 0.3 is 7.60 Å². The van der Waals surface area contributed by atoms with E-state index in [4.69, 9.17) is 4.52 Å². The van der Waals surface area contributed by atoms with Gasteiger partial charge in [-0.2, -0.15) is 0 Å². The van der Waals surface area contributed by atoms with Crippen molar-refractivity contribution in [1.82, 2.24) is 0 Å². The molecule has 2 unspecified atom stereocenters. The summed E-state index contributed by atoms with van der Waals surface area (Å²) in [6.07, 6.45) is 0.442. The topological polar surface area (TPSA) is 63.6 Å². The molecule has 84 valence electrons. The molecule has 0 aromatic heterocycles. The van der Waals surface area contributed by atoms with Crippen molar-refractivity contribution in [3.05, 3.63) is 0 Å². The Balaban J connectivity index is 4.66. The predicted octanol–water partition coefficient (Wildman–Crippen LogP) is 2.21. The highest BCUT2D eigenvalue weighted by molar-refractivity contribution is 7.54. The van der Waals surface area contributed by atoms with Crippen molar-refractivity contribution in [2.24, 2.45) is 5.92 Å². The van der Waals surface area contributed by atoms with Gasteiger partial charge in [-0.25, -0.2) is 0 Å². The van der Waals surface area contributed by atoms with Crippen LogP contribution in [0.25, 0.3) is 0 Å². The van der Waals surface area contributed by atoms with Crippen LogP contribution in [0.4, 0.5) is 0 Å². The van der Waals surface area contributed by atoms with Gasteiger partial charge in [-0.05, 0) is 26.7 Å². The van der Waals surface area contributed by atoms with Gasteiger partial charge in [0.2, 0.25) is 0 Å². The van der Waals surface area contributed by atoms with Gasteiger partial charge in [-0.1, -0.05) is 13.8 Å². The molecule has 0 aromatic carbocycles. The van der Waals surface area contributed by atoms with Crippen molar-refractivity contribution in [1.29, 1.82) is 0 Å². The quantitative estimate of drug-likeness (QED) is 0.572. The largest absolute Gasteiger partial charge is 0.338 e. The van der Waals surface area contributed by atoms with E-state index in [2.05, 4.69) is 0 Å². The molecule has 0 aromatic rings. The number of hydrogen-bond acceptors (Lipinski definition) is 3. The molecule has 0 saturated heterocycles. The Kier molecular flexibility index (Phi) is 4.50. The second-order valence-electron chi connectivity index (χ2n) is 4.29. The Labute approximate surface area is 85.2 Å². The van der Waals surface area contributed by atoms with E-state index in [9.17, 15) is 14.3 Å². The summed E-state index contributed by atoms with van der Waals surface area (Å²) in [5.41, 5.74) is -1.68. The molecule has 0 amide bonds. The lowest BCUT2D eigenvalue weighted by atomic mass is 9.95. The molecule has 2 atom stereocenters. The van der Waals surface area contributed by atoms with Gasteiger partial charge in [0.05, 0.1) is 5.60 Å². The van der Waals surface area contributed by atoms with Crippen molar-refractivity contribution in [2.45, 2.75) is 45.9 Å². The number of hydrogen-bond donors (Lipinski definition) is 1. The summed E-state index contributed by atoms with van der Waals surface area (Å²) in [5.74, 6) is 0.0989. The fraction of sp³-hybridized carbons (Fsp3) is 0.889. The lowest BCUT2D eigenvalue weighted by molar-refractivity contribution is -0.107. The molecule has 0 radical (unpaired) electrons. The van der Waals surface area contributed by atoms with E-state index in [1.807, 2.05) is 13.8 Å². The average Bonchev–Trinajstić information content (AvgIpc) is 2.00. The van der Waals surface area contributed by atoms with Gasteiger partial charge < -0.3 is 14.2 Å². The first-order valence-electron chi connectivity index (χ1n) is 4.62.